The third-order valence-electron chi connectivity index (χ3n) is 8.82. The van der Waals surface area contributed by atoms with E-state index in [1.807, 2.05) is 11.3 Å². The van der Waals surface area contributed by atoms with Gasteiger partial charge in [0.2, 0.25) is 0 Å². The van der Waals surface area contributed by atoms with Crippen LogP contribution in [0.2, 0.25) is 0 Å². The molecule has 0 spiro atoms. The van der Waals surface area contributed by atoms with Gasteiger partial charge in [-0.25, -0.2) is 0 Å². The van der Waals surface area contributed by atoms with Gasteiger partial charge >= 0.3 is 7.12 Å². The first-order valence-corrected chi connectivity index (χ1v) is 14.4. The van der Waals surface area contributed by atoms with E-state index in [-0.39, 0.29) is 18.3 Å². The van der Waals surface area contributed by atoms with Crippen LogP contribution in [-0.2, 0) is 9.31 Å². The molecule has 190 valence electrons. The first-order valence-electron chi connectivity index (χ1n) is 13.6. The summed E-state index contributed by atoms with van der Waals surface area (Å²) in [6.45, 7) is 8.39. The van der Waals surface area contributed by atoms with Gasteiger partial charge in [0.25, 0.3) is 0 Å². The second-order valence-corrected chi connectivity index (χ2v) is 12.7. The highest BCUT2D eigenvalue weighted by atomic mass is 32.1. The lowest BCUT2D eigenvalue weighted by Crippen LogP contribution is -2.41. The Kier molecular flexibility index (Phi) is 4.74. The Bertz CT molecular complexity index is 2070. The van der Waals surface area contributed by atoms with Crippen molar-refractivity contribution in [3.05, 3.63) is 97.1 Å². The molecule has 39 heavy (non-hydrogen) atoms. The average molecular weight is 525 g/mol. The first kappa shape index (κ1) is 23.3. The number of para-hydroxylation sites is 1. The summed E-state index contributed by atoms with van der Waals surface area (Å²) in [7, 11) is -0.375. The number of aromatic nitrogens is 1. The summed E-state index contributed by atoms with van der Waals surface area (Å²) in [5.74, 6) is 0. The Morgan fingerprint density at radius 3 is 1.92 bits per heavy atom. The Hall–Kier alpha value is -3.64. The lowest BCUT2D eigenvalue weighted by Gasteiger charge is -2.32. The van der Waals surface area contributed by atoms with E-state index in [9.17, 15) is 0 Å². The van der Waals surface area contributed by atoms with Crippen molar-refractivity contribution in [1.29, 1.82) is 0 Å². The third kappa shape index (κ3) is 3.18. The van der Waals surface area contributed by atoms with E-state index in [0.29, 0.717) is 0 Å². The second kappa shape index (κ2) is 7.95. The van der Waals surface area contributed by atoms with E-state index >= 15 is 0 Å². The van der Waals surface area contributed by atoms with Crippen molar-refractivity contribution in [3.8, 4) is 5.69 Å². The molecule has 0 saturated carbocycles. The molecule has 0 bridgehead atoms. The quantitative estimate of drug-likeness (QED) is 0.211. The van der Waals surface area contributed by atoms with Crippen molar-refractivity contribution in [2.45, 2.75) is 38.9 Å². The van der Waals surface area contributed by atoms with E-state index in [4.69, 9.17) is 9.31 Å². The number of rotatable bonds is 2. The fraction of sp³-hybridized carbons (Fsp3) is 0.176. The van der Waals surface area contributed by atoms with Crippen molar-refractivity contribution in [2.75, 3.05) is 0 Å². The van der Waals surface area contributed by atoms with Crippen LogP contribution in [0.1, 0.15) is 27.7 Å². The molecule has 1 fully saturated rings. The lowest BCUT2D eigenvalue weighted by molar-refractivity contribution is 0.00578. The topological polar surface area (TPSA) is 23.4 Å². The fourth-order valence-electron chi connectivity index (χ4n) is 6.15. The highest BCUT2D eigenvalue weighted by Gasteiger charge is 2.51. The van der Waals surface area contributed by atoms with Crippen LogP contribution in [0.25, 0.3) is 58.4 Å². The first-order chi connectivity index (χ1) is 18.8. The van der Waals surface area contributed by atoms with Crippen LogP contribution in [0.3, 0.4) is 0 Å². The molecule has 0 aliphatic carbocycles. The van der Waals surface area contributed by atoms with E-state index < -0.39 is 0 Å². The molecule has 3 nitrogen and oxygen atoms in total. The van der Waals surface area contributed by atoms with E-state index in [1.165, 1.54) is 52.8 Å². The molecule has 3 heterocycles. The van der Waals surface area contributed by atoms with Gasteiger partial charge in [-0.1, -0.05) is 72.8 Å². The van der Waals surface area contributed by atoms with Crippen molar-refractivity contribution >= 4 is 76.7 Å². The number of benzene rings is 5. The maximum absolute atomic E-state index is 6.33. The molecule has 0 radical (unpaired) electrons. The van der Waals surface area contributed by atoms with Crippen LogP contribution < -0.4 is 5.46 Å². The minimum Gasteiger partial charge on any atom is -0.399 e. The Labute approximate surface area is 231 Å². The maximum atomic E-state index is 6.33. The standard InChI is InChI=1S/C34H28BNO2S/c1-33(2)34(3,4)38-35(37-33)21-17-19-22(20-18-21)36-27-15-9-7-13-25(27)29-30-26-14-8-10-16-28(26)39-32(30)24-12-6-5-11-23(24)31(29)36/h5-20H,1-4H3. The molecule has 0 amide bonds. The molecule has 2 aromatic heterocycles. The zero-order chi connectivity index (χ0) is 26.5. The van der Waals surface area contributed by atoms with Gasteiger partial charge in [-0.15, -0.1) is 11.3 Å². The van der Waals surface area contributed by atoms with Crippen LogP contribution >= 0.6 is 11.3 Å². The Balaban J connectivity index is 1.44. The lowest BCUT2D eigenvalue weighted by atomic mass is 9.79. The molecule has 5 aromatic carbocycles. The molecule has 1 saturated heterocycles. The fourth-order valence-corrected chi connectivity index (χ4v) is 7.40. The molecule has 0 unspecified atom stereocenters. The summed E-state index contributed by atoms with van der Waals surface area (Å²) in [5.41, 5.74) is 3.91. The van der Waals surface area contributed by atoms with Gasteiger partial charge in [-0.2, -0.15) is 0 Å². The predicted octanol–water partition coefficient (Wildman–Crippen LogP) is 8.60. The number of thiophene rings is 1. The van der Waals surface area contributed by atoms with Gasteiger partial charge in [0.15, 0.2) is 0 Å². The van der Waals surface area contributed by atoms with Crippen LogP contribution in [0, 0.1) is 0 Å². The Morgan fingerprint density at radius 2 is 1.21 bits per heavy atom. The largest absolute Gasteiger partial charge is 0.494 e. The number of nitrogens with zero attached hydrogens (tertiary/aromatic N) is 1. The smallest absolute Gasteiger partial charge is 0.399 e. The minimum absolute atomic E-state index is 0.364. The number of hydrogen-bond donors (Lipinski definition) is 0. The molecular weight excluding hydrogens is 497 g/mol. The SMILES string of the molecule is CC1(C)OB(c2ccc(-n3c4ccccc4c4c5c6ccccc6sc5c5ccccc5c43)cc2)OC1(C)C. The summed E-state index contributed by atoms with van der Waals surface area (Å²) in [4.78, 5) is 0. The van der Waals surface area contributed by atoms with Gasteiger partial charge in [-0.3, -0.25) is 0 Å². The monoisotopic (exact) mass is 525 g/mol. The third-order valence-corrected chi connectivity index (χ3v) is 10.0. The van der Waals surface area contributed by atoms with Crippen LogP contribution in [0.5, 0.6) is 0 Å². The molecule has 7 aromatic rings. The van der Waals surface area contributed by atoms with Crippen molar-refractivity contribution < 1.29 is 9.31 Å². The minimum atomic E-state index is -0.375. The molecule has 1 aliphatic heterocycles. The molecule has 0 atom stereocenters. The summed E-state index contributed by atoms with van der Waals surface area (Å²) in [5, 5.41) is 7.87. The summed E-state index contributed by atoms with van der Waals surface area (Å²) >= 11 is 1.90. The highest BCUT2D eigenvalue weighted by Crippen LogP contribution is 2.47. The van der Waals surface area contributed by atoms with Crippen molar-refractivity contribution in [2.24, 2.45) is 0 Å². The van der Waals surface area contributed by atoms with Gasteiger partial charge in [0, 0.05) is 47.4 Å². The van der Waals surface area contributed by atoms with Crippen LogP contribution in [0.15, 0.2) is 97.1 Å². The maximum Gasteiger partial charge on any atom is 0.494 e. The zero-order valence-electron chi connectivity index (χ0n) is 22.5. The highest BCUT2D eigenvalue weighted by molar-refractivity contribution is 7.27. The van der Waals surface area contributed by atoms with Gasteiger partial charge < -0.3 is 13.9 Å². The van der Waals surface area contributed by atoms with Crippen molar-refractivity contribution in [3.63, 3.8) is 0 Å². The molecule has 8 rings (SSSR count). The van der Waals surface area contributed by atoms with Gasteiger partial charge in [0.1, 0.15) is 0 Å². The summed E-state index contributed by atoms with van der Waals surface area (Å²) in [6.07, 6.45) is 0. The predicted molar refractivity (Wildman–Crippen MR) is 167 cm³/mol. The molecule has 0 N–H and O–H groups in total. The van der Waals surface area contributed by atoms with Gasteiger partial charge in [0.05, 0.1) is 22.2 Å². The van der Waals surface area contributed by atoms with Crippen molar-refractivity contribution in [1.82, 2.24) is 4.57 Å². The number of fused-ring (bicyclic) bond motifs is 10. The summed E-state index contributed by atoms with van der Waals surface area (Å²) in [6, 6.07) is 35.2. The number of hydrogen-bond acceptors (Lipinski definition) is 3. The molecular formula is C34H28BNO2S. The Morgan fingerprint density at radius 1 is 0.615 bits per heavy atom. The van der Waals surface area contributed by atoms with E-state index in [2.05, 4.69) is 129 Å². The molecule has 5 heteroatoms. The second-order valence-electron chi connectivity index (χ2n) is 11.6. The van der Waals surface area contributed by atoms with E-state index in [0.717, 1.165) is 11.2 Å². The average Bonchev–Trinajstić information content (AvgIpc) is 3.56. The van der Waals surface area contributed by atoms with Crippen LogP contribution in [0.4, 0.5) is 0 Å². The molecule has 1 aliphatic rings. The van der Waals surface area contributed by atoms with Gasteiger partial charge in [-0.05, 0) is 57.4 Å². The van der Waals surface area contributed by atoms with E-state index in [1.54, 1.807) is 0 Å². The normalized spacial score (nSPS) is 16.9. The zero-order valence-corrected chi connectivity index (χ0v) is 23.3. The van der Waals surface area contributed by atoms with Crippen LogP contribution in [-0.4, -0.2) is 22.9 Å². The summed E-state index contributed by atoms with van der Waals surface area (Å²) < 4.78 is 17.8.